The number of amides is 2. The highest BCUT2D eigenvalue weighted by atomic mass is 32.2. The number of pyridine rings is 1. The Morgan fingerprint density at radius 1 is 1.00 bits per heavy atom. The van der Waals surface area contributed by atoms with Crippen LogP contribution in [0, 0.1) is 5.82 Å². The molecule has 9 heteroatoms. The quantitative estimate of drug-likeness (QED) is 0.720. The number of thioether (sulfide) groups is 1. The summed E-state index contributed by atoms with van der Waals surface area (Å²) in [6, 6.07) is 9.27. The molecule has 154 valence electrons. The second-order valence-electron chi connectivity index (χ2n) is 6.79. The first kappa shape index (κ1) is 21.1. The van der Waals surface area contributed by atoms with Crippen molar-refractivity contribution in [3.8, 4) is 0 Å². The number of nitrogens with zero attached hydrogens (tertiary/aromatic N) is 3. The van der Waals surface area contributed by atoms with Crippen molar-refractivity contribution < 1.29 is 14.0 Å². The first-order valence-electron chi connectivity index (χ1n) is 9.32. The Balaban J connectivity index is 1.38. The van der Waals surface area contributed by atoms with Gasteiger partial charge in [0.2, 0.25) is 11.8 Å². The fraction of sp³-hybridized carbons (Fsp3) is 0.350. The van der Waals surface area contributed by atoms with Crippen molar-refractivity contribution in [2.24, 2.45) is 0 Å². The molecule has 3 rings (SSSR count). The van der Waals surface area contributed by atoms with Crippen molar-refractivity contribution >= 4 is 40.8 Å². The van der Waals surface area contributed by atoms with Gasteiger partial charge in [-0.15, -0.1) is 11.8 Å². The molecule has 29 heavy (non-hydrogen) atoms. The second-order valence-corrected chi connectivity index (χ2v) is 7.77. The molecule has 1 aliphatic heterocycles. The summed E-state index contributed by atoms with van der Waals surface area (Å²) < 4.78 is 12.9. The number of nitrogens with one attached hydrogen (secondary N) is 2. The fourth-order valence-corrected chi connectivity index (χ4v) is 3.47. The third-order valence-electron chi connectivity index (χ3n) is 4.48. The van der Waals surface area contributed by atoms with Crippen LogP contribution in [-0.2, 0) is 9.59 Å². The minimum Gasteiger partial charge on any atom is -0.368 e. The summed E-state index contributed by atoms with van der Waals surface area (Å²) in [5, 5.41) is 5.39. The van der Waals surface area contributed by atoms with Gasteiger partial charge in [-0.25, -0.2) is 9.37 Å². The first-order chi connectivity index (χ1) is 14.0. The highest BCUT2D eigenvalue weighted by Gasteiger charge is 2.14. The predicted octanol–water partition coefficient (Wildman–Crippen LogP) is 2.28. The van der Waals surface area contributed by atoms with Crippen LogP contribution >= 0.6 is 11.8 Å². The van der Waals surface area contributed by atoms with Gasteiger partial charge in [-0.3, -0.25) is 9.59 Å². The van der Waals surface area contributed by atoms with Crippen LogP contribution in [0.25, 0.3) is 0 Å². The Bertz CT molecular complexity index is 824. The van der Waals surface area contributed by atoms with E-state index in [0.717, 1.165) is 31.9 Å². The van der Waals surface area contributed by atoms with Crippen LogP contribution in [-0.4, -0.2) is 66.4 Å². The number of anilines is 3. The molecule has 0 aliphatic carbocycles. The second kappa shape index (κ2) is 10.2. The number of piperazine rings is 1. The molecule has 2 amide bonds. The molecule has 1 fully saturated rings. The highest BCUT2D eigenvalue weighted by Crippen LogP contribution is 2.17. The van der Waals surface area contributed by atoms with Gasteiger partial charge >= 0.3 is 0 Å². The lowest BCUT2D eigenvalue weighted by Crippen LogP contribution is -2.44. The van der Waals surface area contributed by atoms with E-state index in [1.165, 1.54) is 36.0 Å². The maximum atomic E-state index is 12.9. The van der Waals surface area contributed by atoms with Crippen LogP contribution in [0.5, 0.6) is 0 Å². The topological polar surface area (TPSA) is 77.6 Å². The molecule has 0 saturated carbocycles. The zero-order chi connectivity index (χ0) is 20.6. The van der Waals surface area contributed by atoms with Gasteiger partial charge in [-0.2, -0.15) is 0 Å². The van der Waals surface area contributed by atoms with Gasteiger partial charge in [-0.05, 0) is 43.4 Å². The summed E-state index contributed by atoms with van der Waals surface area (Å²) in [7, 11) is 2.11. The fourth-order valence-electron chi connectivity index (χ4n) is 2.86. The van der Waals surface area contributed by atoms with E-state index in [2.05, 4.69) is 32.5 Å². The number of halogens is 1. The number of aromatic nitrogens is 1. The minimum absolute atomic E-state index is 0.126. The average Bonchev–Trinajstić information content (AvgIpc) is 2.71. The van der Waals surface area contributed by atoms with Gasteiger partial charge in [0.25, 0.3) is 0 Å². The summed E-state index contributed by atoms with van der Waals surface area (Å²) in [6.07, 6.45) is 1.77. The van der Waals surface area contributed by atoms with Crippen molar-refractivity contribution in [1.29, 1.82) is 0 Å². The summed E-state index contributed by atoms with van der Waals surface area (Å²) in [6.45, 7) is 3.95. The Morgan fingerprint density at radius 3 is 2.28 bits per heavy atom. The number of carbonyl (C=O) groups is 2. The third kappa shape index (κ3) is 6.72. The van der Waals surface area contributed by atoms with Crippen LogP contribution in [0.2, 0.25) is 0 Å². The molecular weight excluding hydrogens is 393 g/mol. The highest BCUT2D eigenvalue weighted by molar-refractivity contribution is 8.00. The molecule has 7 nitrogen and oxygen atoms in total. The largest absolute Gasteiger partial charge is 0.368 e. The molecule has 2 aromatic rings. The molecule has 2 heterocycles. The van der Waals surface area contributed by atoms with Crippen LogP contribution in [0.15, 0.2) is 42.6 Å². The molecule has 2 N–H and O–H groups in total. The summed E-state index contributed by atoms with van der Waals surface area (Å²) >= 11 is 1.20. The van der Waals surface area contributed by atoms with Crippen LogP contribution in [0.4, 0.5) is 21.6 Å². The van der Waals surface area contributed by atoms with Crippen LogP contribution in [0.3, 0.4) is 0 Å². The average molecular weight is 418 g/mol. The van der Waals surface area contributed by atoms with Crippen molar-refractivity contribution in [1.82, 2.24) is 9.88 Å². The lowest BCUT2D eigenvalue weighted by molar-refractivity contribution is -0.114. The lowest BCUT2D eigenvalue weighted by atomic mass is 10.3. The molecule has 1 aromatic heterocycles. The Kier molecular flexibility index (Phi) is 7.42. The number of carbonyl (C=O) groups excluding carboxylic acids is 2. The van der Waals surface area contributed by atoms with Crippen LogP contribution in [0.1, 0.15) is 0 Å². The number of hydrogen-bond donors (Lipinski definition) is 2. The predicted molar refractivity (Wildman–Crippen MR) is 115 cm³/mol. The zero-order valence-corrected chi connectivity index (χ0v) is 17.0. The standard InChI is InChI=1S/C20H24FN5O2S/c1-25-8-10-26(11-9-25)17-6-7-18(22-12-17)24-20(28)14-29-13-19(27)23-16-4-2-15(21)3-5-16/h2-7,12H,8-11,13-14H2,1H3,(H,23,27)(H,22,24,28). The van der Waals surface area contributed by atoms with Crippen molar-refractivity contribution in [3.05, 3.63) is 48.4 Å². The van der Waals surface area contributed by atoms with Gasteiger partial charge < -0.3 is 20.4 Å². The molecule has 0 bridgehead atoms. The minimum atomic E-state index is -0.362. The Morgan fingerprint density at radius 2 is 1.66 bits per heavy atom. The summed E-state index contributed by atoms with van der Waals surface area (Å²) in [5.41, 5.74) is 1.56. The van der Waals surface area contributed by atoms with E-state index in [1.807, 2.05) is 6.07 Å². The summed E-state index contributed by atoms with van der Waals surface area (Å²) in [5.74, 6) is -0.0730. The Labute approximate surface area is 173 Å². The normalized spacial score (nSPS) is 14.5. The molecule has 1 aromatic carbocycles. The van der Waals surface area contributed by atoms with Gasteiger partial charge in [-0.1, -0.05) is 0 Å². The third-order valence-corrected chi connectivity index (χ3v) is 5.41. The van der Waals surface area contributed by atoms with E-state index in [-0.39, 0.29) is 29.1 Å². The smallest absolute Gasteiger partial charge is 0.235 e. The SMILES string of the molecule is CN1CCN(c2ccc(NC(=O)CSCC(=O)Nc3ccc(F)cc3)nc2)CC1. The Hall–Kier alpha value is -2.65. The monoisotopic (exact) mass is 417 g/mol. The van der Waals surface area contributed by atoms with Gasteiger partial charge in [0.05, 0.1) is 23.4 Å². The summed E-state index contributed by atoms with van der Waals surface area (Å²) in [4.78, 5) is 32.8. The molecule has 0 spiro atoms. The number of hydrogen-bond acceptors (Lipinski definition) is 6. The van der Waals surface area contributed by atoms with E-state index in [1.54, 1.807) is 12.3 Å². The molecule has 0 unspecified atom stereocenters. The van der Waals surface area contributed by atoms with E-state index in [4.69, 9.17) is 0 Å². The zero-order valence-electron chi connectivity index (χ0n) is 16.2. The maximum Gasteiger partial charge on any atom is 0.235 e. The van der Waals surface area contributed by atoms with Crippen molar-refractivity contribution in [2.45, 2.75) is 0 Å². The molecule has 0 atom stereocenters. The first-order valence-corrected chi connectivity index (χ1v) is 10.5. The van der Waals surface area contributed by atoms with Gasteiger partial charge in [0, 0.05) is 31.9 Å². The number of likely N-dealkylation sites (N-methyl/N-ethyl adjacent to an activating group) is 1. The number of rotatable bonds is 7. The number of benzene rings is 1. The molecule has 0 radical (unpaired) electrons. The van der Waals surface area contributed by atoms with Gasteiger partial charge in [0.1, 0.15) is 11.6 Å². The van der Waals surface area contributed by atoms with E-state index in [0.29, 0.717) is 11.5 Å². The molecule has 1 saturated heterocycles. The molecule has 1 aliphatic rings. The van der Waals surface area contributed by atoms with Crippen molar-refractivity contribution in [3.63, 3.8) is 0 Å². The van der Waals surface area contributed by atoms with E-state index in [9.17, 15) is 14.0 Å². The lowest BCUT2D eigenvalue weighted by Gasteiger charge is -2.33. The van der Waals surface area contributed by atoms with Crippen LogP contribution < -0.4 is 15.5 Å². The maximum absolute atomic E-state index is 12.9. The van der Waals surface area contributed by atoms with Gasteiger partial charge in [0.15, 0.2) is 0 Å². The molecular formula is C20H24FN5O2S. The van der Waals surface area contributed by atoms with Crippen molar-refractivity contribution in [2.75, 3.05) is 60.3 Å². The van der Waals surface area contributed by atoms with E-state index >= 15 is 0 Å². The van der Waals surface area contributed by atoms with E-state index < -0.39 is 0 Å².